The number of thiophene rings is 1. The SMILES string of the molecule is O=C(O)CC1(C(=O)O)NC(c2cccs2)C2C(=O)N(C3CCCCC3)C(=O)C21. The van der Waals surface area contributed by atoms with Crippen molar-refractivity contribution >= 4 is 35.1 Å². The van der Waals surface area contributed by atoms with Gasteiger partial charge in [-0.1, -0.05) is 25.3 Å². The molecule has 2 amide bonds. The van der Waals surface area contributed by atoms with Gasteiger partial charge in [-0.3, -0.25) is 29.4 Å². The lowest BCUT2D eigenvalue weighted by Crippen LogP contribution is -2.57. The third kappa shape index (κ3) is 2.76. The van der Waals surface area contributed by atoms with Gasteiger partial charge in [-0.15, -0.1) is 11.3 Å². The molecule has 4 unspecified atom stereocenters. The smallest absolute Gasteiger partial charge is 0.325 e. The lowest BCUT2D eigenvalue weighted by Gasteiger charge is -2.33. The van der Waals surface area contributed by atoms with Gasteiger partial charge in [0.1, 0.15) is 5.54 Å². The van der Waals surface area contributed by atoms with Crippen molar-refractivity contribution < 1.29 is 29.4 Å². The first-order chi connectivity index (χ1) is 13.4. The molecule has 4 rings (SSSR count). The van der Waals surface area contributed by atoms with Crippen LogP contribution in [0.3, 0.4) is 0 Å². The molecule has 4 atom stereocenters. The summed E-state index contributed by atoms with van der Waals surface area (Å²) in [5, 5.41) is 24.0. The van der Waals surface area contributed by atoms with Crippen molar-refractivity contribution in [3.8, 4) is 0 Å². The van der Waals surface area contributed by atoms with E-state index in [9.17, 15) is 29.4 Å². The Kier molecular flexibility index (Phi) is 4.75. The van der Waals surface area contributed by atoms with Gasteiger partial charge in [-0.2, -0.15) is 0 Å². The van der Waals surface area contributed by atoms with Crippen LogP contribution in [0.2, 0.25) is 0 Å². The molecule has 0 radical (unpaired) electrons. The highest BCUT2D eigenvalue weighted by molar-refractivity contribution is 7.10. The van der Waals surface area contributed by atoms with E-state index in [-0.39, 0.29) is 11.9 Å². The quantitative estimate of drug-likeness (QED) is 0.635. The number of imide groups is 1. The number of nitrogens with one attached hydrogen (secondary N) is 1. The van der Waals surface area contributed by atoms with E-state index in [4.69, 9.17) is 0 Å². The van der Waals surface area contributed by atoms with Crippen LogP contribution in [0.1, 0.15) is 49.4 Å². The van der Waals surface area contributed by atoms with Gasteiger partial charge < -0.3 is 10.2 Å². The predicted molar refractivity (Wildman–Crippen MR) is 98.5 cm³/mol. The highest BCUT2D eigenvalue weighted by atomic mass is 32.1. The minimum Gasteiger partial charge on any atom is -0.481 e. The van der Waals surface area contributed by atoms with Gasteiger partial charge in [0.15, 0.2) is 0 Å². The molecule has 3 fully saturated rings. The minimum absolute atomic E-state index is 0.223. The summed E-state index contributed by atoms with van der Waals surface area (Å²) in [4.78, 5) is 52.4. The number of hydrogen-bond acceptors (Lipinski definition) is 6. The fourth-order valence-corrected chi connectivity index (χ4v) is 5.93. The molecule has 1 aliphatic carbocycles. The summed E-state index contributed by atoms with van der Waals surface area (Å²) in [6, 6.07) is 2.65. The number of carboxylic acids is 2. The van der Waals surface area contributed by atoms with E-state index in [2.05, 4.69) is 5.32 Å². The highest BCUT2D eigenvalue weighted by Gasteiger charge is 2.69. The average Bonchev–Trinajstić information content (AvgIpc) is 3.33. The van der Waals surface area contributed by atoms with Gasteiger partial charge in [-0.25, -0.2) is 0 Å². The van der Waals surface area contributed by atoms with E-state index >= 15 is 0 Å². The Hall–Kier alpha value is -2.26. The third-order valence-corrected chi connectivity index (χ3v) is 7.24. The predicted octanol–water partition coefficient (Wildman–Crippen LogP) is 1.62. The molecule has 1 saturated carbocycles. The normalized spacial score (nSPS) is 33.3. The largest absolute Gasteiger partial charge is 0.481 e. The van der Waals surface area contributed by atoms with E-state index in [1.807, 2.05) is 5.38 Å². The number of hydrogen-bond donors (Lipinski definition) is 3. The van der Waals surface area contributed by atoms with Crippen molar-refractivity contribution in [1.29, 1.82) is 0 Å². The van der Waals surface area contributed by atoms with Crippen molar-refractivity contribution in [2.45, 2.75) is 56.1 Å². The van der Waals surface area contributed by atoms with E-state index in [1.54, 1.807) is 12.1 Å². The number of carboxylic acid groups (broad SMARTS) is 2. The van der Waals surface area contributed by atoms with Crippen LogP contribution in [-0.4, -0.2) is 50.4 Å². The zero-order valence-electron chi connectivity index (χ0n) is 15.2. The van der Waals surface area contributed by atoms with E-state index in [0.29, 0.717) is 12.8 Å². The summed E-state index contributed by atoms with van der Waals surface area (Å²) in [6.07, 6.45) is 3.56. The molecule has 2 aliphatic heterocycles. The molecule has 0 spiro atoms. The summed E-state index contributed by atoms with van der Waals surface area (Å²) in [5.74, 6) is -5.77. The fraction of sp³-hybridized carbons (Fsp3) is 0.579. The molecule has 2 saturated heterocycles. The van der Waals surface area contributed by atoms with Gasteiger partial charge in [-0.05, 0) is 24.3 Å². The molecule has 150 valence electrons. The number of likely N-dealkylation sites (tertiary alicyclic amines) is 1. The van der Waals surface area contributed by atoms with Crippen LogP contribution in [0.5, 0.6) is 0 Å². The summed E-state index contributed by atoms with van der Waals surface area (Å²) in [5.41, 5.74) is -2.00. The van der Waals surface area contributed by atoms with Crippen LogP contribution in [0.15, 0.2) is 17.5 Å². The summed E-state index contributed by atoms with van der Waals surface area (Å²) in [6.45, 7) is 0. The maximum atomic E-state index is 13.3. The molecular weight excluding hydrogens is 384 g/mol. The summed E-state index contributed by atoms with van der Waals surface area (Å²) in [7, 11) is 0. The van der Waals surface area contributed by atoms with Gasteiger partial charge in [0, 0.05) is 10.9 Å². The first kappa shape index (κ1) is 19.1. The topological polar surface area (TPSA) is 124 Å². The zero-order valence-corrected chi connectivity index (χ0v) is 16.0. The maximum Gasteiger partial charge on any atom is 0.325 e. The van der Waals surface area contributed by atoms with Crippen LogP contribution in [0.25, 0.3) is 0 Å². The van der Waals surface area contributed by atoms with Crippen molar-refractivity contribution in [1.82, 2.24) is 10.2 Å². The number of carbonyl (C=O) groups excluding carboxylic acids is 2. The number of aliphatic carboxylic acids is 2. The molecule has 28 heavy (non-hydrogen) atoms. The first-order valence-electron chi connectivity index (χ1n) is 9.50. The van der Waals surface area contributed by atoms with Gasteiger partial charge in [0.05, 0.1) is 24.3 Å². The van der Waals surface area contributed by atoms with Crippen molar-refractivity contribution in [3.63, 3.8) is 0 Å². The van der Waals surface area contributed by atoms with Crippen molar-refractivity contribution in [2.24, 2.45) is 11.8 Å². The Balaban J connectivity index is 1.79. The number of nitrogens with zero attached hydrogens (tertiary/aromatic N) is 1. The fourth-order valence-electron chi connectivity index (χ4n) is 5.11. The monoisotopic (exact) mass is 406 g/mol. The number of fused-ring (bicyclic) bond motifs is 1. The standard InChI is InChI=1S/C19H22N2O6S/c22-12(23)9-19(18(26)27)14-13(15(20-19)11-7-4-8-28-11)16(24)21(17(14)25)10-5-2-1-3-6-10/h4,7-8,10,13-15,20H,1-3,5-6,9H2,(H,22,23)(H,26,27). The van der Waals surface area contributed by atoms with Crippen LogP contribution in [0, 0.1) is 11.8 Å². The summed E-state index contributed by atoms with van der Waals surface area (Å²) >= 11 is 1.36. The highest BCUT2D eigenvalue weighted by Crippen LogP contribution is 2.51. The summed E-state index contributed by atoms with van der Waals surface area (Å²) < 4.78 is 0. The second-order valence-corrected chi connectivity index (χ2v) is 8.81. The maximum absolute atomic E-state index is 13.3. The molecular formula is C19H22N2O6S. The van der Waals surface area contributed by atoms with Crippen LogP contribution in [-0.2, 0) is 19.2 Å². The molecule has 8 nitrogen and oxygen atoms in total. The van der Waals surface area contributed by atoms with Crippen molar-refractivity contribution in [3.05, 3.63) is 22.4 Å². The molecule has 3 aliphatic rings. The molecule has 0 aromatic carbocycles. The van der Waals surface area contributed by atoms with Gasteiger partial charge in [0.2, 0.25) is 11.8 Å². The van der Waals surface area contributed by atoms with E-state index in [1.165, 1.54) is 16.2 Å². The van der Waals surface area contributed by atoms with Crippen molar-refractivity contribution in [2.75, 3.05) is 0 Å². The second-order valence-electron chi connectivity index (χ2n) is 7.83. The Morgan fingerprint density at radius 1 is 1.18 bits per heavy atom. The van der Waals surface area contributed by atoms with E-state index in [0.717, 1.165) is 24.1 Å². The molecule has 9 heteroatoms. The minimum atomic E-state index is -2.00. The molecule has 0 bridgehead atoms. The Labute approximate surface area is 165 Å². The number of rotatable bonds is 5. The third-order valence-electron chi connectivity index (χ3n) is 6.29. The molecule has 1 aromatic heterocycles. The Bertz CT molecular complexity index is 818. The average molecular weight is 406 g/mol. The lowest BCUT2D eigenvalue weighted by atomic mass is 9.78. The first-order valence-corrected chi connectivity index (χ1v) is 10.4. The zero-order chi connectivity index (χ0) is 20.1. The van der Waals surface area contributed by atoms with Crippen LogP contribution in [0.4, 0.5) is 0 Å². The van der Waals surface area contributed by atoms with E-state index < -0.39 is 47.7 Å². The van der Waals surface area contributed by atoms with Gasteiger partial charge >= 0.3 is 11.9 Å². The second kappa shape index (κ2) is 6.97. The lowest BCUT2D eigenvalue weighted by molar-refractivity contribution is -0.156. The van der Waals surface area contributed by atoms with Crippen LogP contribution >= 0.6 is 11.3 Å². The molecule has 3 heterocycles. The Morgan fingerprint density at radius 2 is 1.89 bits per heavy atom. The number of carbonyl (C=O) groups is 4. The molecule has 1 aromatic rings. The Morgan fingerprint density at radius 3 is 2.46 bits per heavy atom. The molecule has 3 N–H and O–H groups in total. The van der Waals surface area contributed by atoms with Crippen LogP contribution < -0.4 is 5.32 Å². The van der Waals surface area contributed by atoms with Gasteiger partial charge in [0.25, 0.3) is 0 Å². The number of amides is 2.